The molecule has 0 amide bonds. The fourth-order valence-corrected chi connectivity index (χ4v) is 1.61. The van der Waals surface area contributed by atoms with Crippen molar-refractivity contribution in [3.05, 3.63) is 35.9 Å². The van der Waals surface area contributed by atoms with E-state index < -0.39 is 0 Å². The zero-order valence-electron chi connectivity index (χ0n) is 10.3. The number of nitrogens with zero attached hydrogens (tertiary/aromatic N) is 3. The highest BCUT2D eigenvalue weighted by atomic mass is 16.5. The third kappa shape index (κ3) is 2.55. The van der Waals surface area contributed by atoms with Gasteiger partial charge in [-0.05, 0) is 24.6 Å². The Bertz CT molecular complexity index is 507. The molecule has 0 unspecified atom stereocenters. The predicted octanol–water partition coefficient (Wildman–Crippen LogP) is 1.74. The molecular formula is C12H16N4O. The molecule has 1 heterocycles. The first kappa shape index (κ1) is 11.4. The molecule has 0 aliphatic carbocycles. The molecule has 0 spiro atoms. The average molecular weight is 232 g/mol. The minimum Gasteiger partial charge on any atom is -0.495 e. The molecule has 0 aliphatic heterocycles. The summed E-state index contributed by atoms with van der Waals surface area (Å²) in [5, 5.41) is 7.32. The van der Waals surface area contributed by atoms with E-state index in [1.165, 1.54) is 5.56 Å². The molecule has 5 heteroatoms. The van der Waals surface area contributed by atoms with Gasteiger partial charge < -0.3 is 10.1 Å². The molecule has 2 rings (SSSR count). The van der Waals surface area contributed by atoms with E-state index in [4.69, 9.17) is 4.74 Å². The quantitative estimate of drug-likeness (QED) is 0.872. The van der Waals surface area contributed by atoms with Crippen molar-refractivity contribution in [1.29, 1.82) is 0 Å². The van der Waals surface area contributed by atoms with E-state index in [9.17, 15) is 0 Å². The highest BCUT2D eigenvalue weighted by molar-refractivity contribution is 5.57. The smallest absolute Gasteiger partial charge is 0.145 e. The summed E-state index contributed by atoms with van der Waals surface area (Å²) in [7, 11) is 3.54. The number of hydrogen-bond donors (Lipinski definition) is 1. The maximum absolute atomic E-state index is 5.30. The molecule has 1 aromatic heterocycles. The Morgan fingerprint density at radius 3 is 2.88 bits per heavy atom. The van der Waals surface area contributed by atoms with E-state index in [0.717, 1.165) is 17.3 Å². The second kappa shape index (κ2) is 4.86. The maximum Gasteiger partial charge on any atom is 0.145 e. The molecule has 0 radical (unpaired) electrons. The van der Waals surface area contributed by atoms with Gasteiger partial charge in [-0.15, -0.1) is 0 Å². The van der Waals surface area contributed by atoms with Crippen LogP contribution in [0.25, 0.3) is 0 Å². The van der Waals surface area contributed by atoms with Gasteiger partial charge in [-0.25, -0.2) is 4.98 Å². The summed E-state index contributed by atoms with van der Waals surface area (Å²) in [6.45, 7) is 2.67. The molecular weight excluding hydrogens is 216 g/mol. The summed E-state index contributed by atoms with van der Waals surface area (Å²) >= 11 is 0. The molecule has 90 valence electrons. The lowest BCUT2D eigenvalue weighted by Gasteiger charge is -2.11. The number of aryl methyl sites for hydroxylation is 2. The molecule has 1 aromatic carbocycles. The van der Waals surface area contributed by atoms with Crippen molar-refractivity contribution < 1.29 is 4.74 Å². The van der Waals surface area contributed by atoms with E-state index in [2.05, 4.69) is 21.5 Å². The van der Waals surface area contributed by atoms with Crippen LogP contribution in [0.2, 0.25) is 0 Å². The van der Waals surface area contributed by atoms with Crippen LogP contribution in [0.4, 0.5) is 5.69 Å². The average Bonchev–Trinajstić information content (AvgIpc) is 2.72. The van der Waals surface area contributed by atoms with Crippen molar-refractivity contribution in [1.82, 2.24) is 14.8 Å². The van der Waals surface area contributed by atoms with Crippen molar-refractivity contribution in [2.24, 2.45) is 7.05 Å². The predicted molar refractivity (Wildman–Crippen MR) is 66.1 cm³/mol. The van der Waals surface area contributed by atoms with Crippen LogP contribution >= 0.6 is 0 Å². The van der Waals surface area contributed by atoms with E-state index in [0.29, 0.717) is 6.54 Å². The molecule has 5 nitrogen and oxygen atoms in total. The Kier molecular flexibility index (Phi) is 3.27. The zero-order valence-corrected chi connectivity index (χ0v) is 10.3. The Hall–Kier alpha value is -2.04. The minimum atomic E-state index is 0.621. The highest BCUT2D eigenvalue weighted by Crippen LogP contribution is 2.25. The van der Waals surface area contributed by atoms with Crippen LogP contribution in [-0.4, -0.2) is 21.9 Å². The first-order valence-electron chi connectivity index (χ1n) is 5.42. The summed E-state index contributed by atoms with van der Waals surface area (Å²) in [6.07, 6.45) is 1.55. The summed E-state index contributed by atoms with van der Waals surface area (Å²) in [5.74, 6) is 1.71. The second-order valence-electron chi connectivity index (χ2n) is 3.86. The SMILES string of the molecule is COc1ccc(C)cc1NCc1ncnn1C. The van der Waals surface area contributed by atoms with Gasteiger partial charge in [0, 0.05) is 7.05 Å². The minimum absolute atomic E-state index is 0.621. The Morgan fingerprint density at radius 1 is 1.41 bits per heavy atom. The Balaban J connectivity index is 2.13. The van der Waals surface area contributed by atoms with Gasteiger partial charge >= 0.3 is 0 Å². The fourth-order valence-electron chi connectivity index (χ4n) is 1.61. The topological polar surface area (TPSA) is 52.0 Å². The van der Waals surface area contributed by atoms with Gasteiger partial charge in [0.2, 0.25) is 0 Å². The van der Waals surface area contributed by atoms with Gasteiger partial charge in [0.15, 0.2) is 0 Å². The third-order valence-corrected chi connectivity index (χ3v) is 2.60. The number of aromatic nitrogens is 3. The largest absolute Gasteiger partial charge is 0.495 e. The van der Waals surface area contributed by atoms with E-state index in [-0.39, 0.29) is 0 Å². The molecule has 2 aromatic rings. The van der Waals surface area contributed by atoms with Gasteiger partial charge in [0.1, 0.15) is 17.9 Å². The lowest BCUT2D eigenvalue weighted by Crippen LogP contribution is -2.07. The third-order valence-electron chi connectivity index (χ3n) is 2.60. The zero-order chi connectivity index (χ0) is 12.3. The van der Waals surface area contributed by atoms with Crippen molar-refractivity contribution in [3.8, 4) is 5.75 Å². The van der Waals surface area contributed by atoms with Crippen LogP contribution in [0, 0.1) is 6.92 Å². The molecule has 17 heavy (non-hydrogen) atoms. The van der Waals surface area contributed by atoms with Gasteiger partial charge in [-0.2, -0.15) is 5.10 Å². The lowest BCUT2D eigenvalue weighted by atomic mass is 10.2. The van der Waals surface area contributed by atoms with E-state index in [1.54, 1.807) is 18.1 Å². The molecule has 1 N–H and O–H groups in total. The summed E-state index contributed by atoms with van der Waals surface area (Å²) in [5.41, 5.74) is 2.15. The normalized spacial score (nSPS) is 10.3. The molecule has 0 saturated heterocycles. The molecule has 0 saturated carbocycles. The van der Waals surface area contributed by atoms with Gasteiger partial charge in [-0.1, -0.05) is 6.07 Å². The van der Waals surface area contributed by atoms with Crippen molar-refractivity contribution in [2.45, 2.75) is 13.5 Å². The van der Waals surface area contributed by atoms with E-state index >= 15 is 0 Å². The number of nitrogens with one attached hydrogen (secondary N) is 1. The highest BCUT2D eigenvalue weighted by Gasteiger charge is 2.05. The van der Waals surface area contributed by atoms with Gasteiger partial charge in [0.25, 0.3) is 0 Å². The first-order chi connectivity index (χ1) is 8.20. The second-order valence-corrected chi connectivity index (χ2v) is 3.86. The molecule has 0 bridgehead atoms. The number of rotatable bonds is 4. The number of hydrogen-bond acceptors (Lipinski definition) is 4. The van der Waals surface area contributed by atoms with Crippen molar-refractivity contribution in [3.63, 3.8) is 0 Å². The molecule has 0 atom stereocenters. The van der Waals surface area contributed by atoms with Crippen LogP contribution in [0.1, 0.15) is 11.4 Å². The monoisotopic (exact) mass is 232 g/mol. The number of benzene rings is 1. The number of methoxy groups -OCH3 is 1. The van der Waals surface area contributed by atoms with E-state index in [1.807, 2.05) is 26.1 Å². The molecule has 0 fully saturated rings. The van der Waals surface area contributed by atoms with Crippen LogP contribution in [-0.2, 0) is 13.6 Å². The molecule has 0 aliphatic rings. The van der Waals surface area contributed by atoms with Crippen molar-refractivity contribution >= 4 is 5.69 Å². The number of anilines is 1. The van der Waals surface area contributed by atoms with Crippen LogP contribution in [0.15, 0.2) is 24.5 Å². The summed E-state index contributed by atoms with van der Waals surface area (Å²) in [4.78, 5) is 4.16. The Morgan fingerprint density at radius 2 is 2.24 bits per heavy atom. The maximum atomic E-state index is 5.30. The van der Waals surface area contributed by atoms with Gasteiger partial charge in [0.05, 0.1) is 19.3 Å². The van der Waals surface area contributed by atoms with Gasteiger partial charge in [-0.3, -0.25) is 4.68 Å². The van der Waals surface area contributed by atoms with Crippen LogP contribution < -0.4 is 10.1 Å². The Labute approximate surface area is 100 Å². The fraction of sp³-hybridized carbons (Fsp3) is 0.333. The van der Waals surface area contributed by atoms with Crippen molar-refractivity contribution in [2.75, 3.05) is 12.4 Å². The summed E-state index contributed by atoms with van der Waals surface area (Å²) in [6, 6.07) is 6.02. The number of ether oxygens (including phenoxy) is 1. The van der Waals surface area contributed by atoms with Crippen LogP contribution in [0.5, 0.6) is 5.75 Å². The standard InChI is InChI=1S/C12H16N4O/c1-9-4-5-11(17-3)10(6-9)13-7-12-14-8-15-16(12)2/h4-6,8,13H,7H2,1-3H3. The summed E-state index contributed by atoms with van der Waals surface area (Å²) < 4.78 is 7.04. The van der Waals surface area contributed by atoms with Crippen LogP contribution in [0.3, 0.4) is 0 Å². The lowest BCUT2D eigenvalue weighted by molar-refractivity contribution is 0.416. The first-order valence-corrected chi connectivity index (χ1v) is 5.42.